The number of aromatic nitrogens is 2. The zero-order valence-corrected chi connectivity index (χ0v) is 13.2. The Labute approximate surface area is 138 Å². The van der Waals surface area contributed by atoms with Crippen LogP contribution in [0.25, 0.3) is 10.9 Å². The predicted octanol–water partition coefficient (Wildman–Crippen LogP) is 2.60. The zero-order chi connectivity index (χ0) is 16.9. The lowest BCUT2D eigenvalue weighted by atomic mass is 10.1. The van der Waals surface area contributed by atoms with Gasteiger partial charge in [-0.2, -0.15) is 5.10 Å². The Morgan fingerprint density at radius 2 is 1.83 bits per heavy atom. The Hall–Kier alpha value is -3.15. The topological polar surface area (TPSA) is 84.1 Å². The first-order chi connectivity index (χ1) is 11.6. The van der Waals surface area contributed by atoms with Gasteiger partial charge in [-0.25, -0.2) is 4.79 Å². The van der Waals surface area contributed by atoms with Crippen LogP contribution in [0.2, 0.25) is 0 Å². The normalized spacial score (nSPS) is 11.9. The third-order valence-corrected chi connectivity index (χ3v) is 3.68. The molecule has 0 radical (unpaired) electrons. The van der Waals surface area contributed by atoms with Gasteiger partial charge in [-0.3, -0.25) is 9.89 Å². The number of nitrogens with one attached hydrogen (secondary N) is 2. The van der Waals surface area contributed by atoms with E-state index in [0.717, 1.165) is 11.1 Å². The summed E-state index contributed by atoms with van der Waals surface area (Å²) in [6.07, 6.45) is 0. The van der Waals surface area contributed by atoms with Gasteiger partial charge in [-0.05, 0) is 18.6 Å². The molecule has 1 unspecified atom stereocenters. The lowest BCUT2D eigenvalue weighted by molar-refractivity contribution is -0.124. The van der Waals surface area contributed by atoms with Crippen molar-refractivity contribution in [2.24, 2.45) is 0 Å². The van der Waals surface area contributed by atoms with Gasteiger partial charge in [0, 0.05) is 5.39 Å². The summed E-state index contributed by atoms with van der Waals surface area (Å²) in [5.41, 5.74) is 1.90. The molecule has 3 rings (SSSR count). The number of fused-ring (bicyclic) bond motifs is 1. The number of hydrogen-bond acceptors (Lipinski definition) is 4. The van der Waals surface area contributed by atoms with Crippen molar-refractivity contribution in [2.75, 3.05) is 6.61 Å². The van der Waals surface area contributed by atoms with Crippen LogP contribution in [0.5, 0.6) is 0 Å². The third kappa shape index (κ3) is 3.43. The fraction of sp³-hybridized carbons (Fsp3) is 0.167. The second kappa shape index (κ2) is 6.95. The van der Waals surface area contributed by atoms with Gasteiger partial charge in [0.05, 0.1) is 11.6 Å². The van der Waals surface area contributed by atoms with E-state index < -0.39 is 5.97 Å². The molecular formula is C18H17N3O3. The Balaban J connectivity index is 1.57. The fourth-order valence-electron chi connectivity index (χ4n) is 2.43. The summed E-state index contributed by atoms with van der Waals surface area (Å²) >= 11 is 0. The number of ether oxygens (including phenoxy) is 1. The van der Waals surface area contributed by atoms with Crippen LogP contribution in [-0.4, -0.2) is 28.7 Å². The summed E-state index contributed by atoms with van der Waals surface area (Å²) in [6.45, 7) is 1.52. The molecule has 1 amide bonds. The molecular weight excluding hydrogens is 306 g/mol. The lowest BCUT2D eigenvalue weighted by Crippen LogP contribution is -2.31. The SMILES string of the molecule is CC(NC(=O)COC(=O)c1n[nH]c2ccccc12)c1ccccc1. The van der Waals surface area contributed by atoms with Crippen LogP contribution in [0.1, 0.15) is 29.0 Å². The number of para-hydroxylation sites is 1. The van der Waals surface area contributed by atoms with Crippen molar-refractivity contribution >= 4 is 22.8 Å². The maximum absolute atomic E-state index is 12.1. The van der Waals surface area contributed by atoms with E-state index in [-0.39, 0.29) is 24.2 Å². The fourth-order valence-corrected chi connectivity index (χ4v) is 2.43. The average Bonchev–Trinajstić information content (AvgIpc) is 3.04. The third-order valence-electron chi connectivity index (χ3n) is 3.68. The summed E-state index contributed by atoms with van der Waals surface area (Å²) < 4.78 is 5.06. The van der Waals surface area contributed by atoms with Crippen molar-refractivity contribution in [1.29, 1.82) is 0 Å². The van der Waals surface area contributed by atoms with Gasteiger partial charge in [0.2, 0.25) is 0 Å². The van der Waals surface area contributed by atoms with E-state index in [2.05, 4.69) is 15.5 Å². The van der Waals surface area contributed by atoms with Crippen LogP contribution in [0, 0.1) is 0 Å². The Morgan fingerprint density at radius 3 is 2.62 bits per heavy atom. The van der Waals surface area contributed by atoms with Gasteiger partial charge in [-0.15, -0.1) is 0 Å². The monoisotopic (exact) mass is 323 g/mol. The first kappa shape index (κ1) is 15.7. The predicted molar refractivity (Wildman–Crippen MR) is 89.4 cm³/mol. The Bertz CT molecular complexity index is 858. The van der Waals surface area contributed by atoms with Crippen LogP contribution in [0.3, 0.4) is 0 Å². The van der Waals surface area contributed by atoms with Gasteiger partial charge in [0.1, 0.15) is 0 Å². The second-order valence-corrected chi connectivity index (χ2v) is 5.39. The Kier molecular flexibility index (Phi) is 4.56. The standard InChI is InChI=1S/C18H17N3O3/c1-12(13-7-3-2-4-8-13)19-16(22)11-24-18(23)17-14-9-5-6-10-15(14)20-21-17/h2-10,12H,11H2,1H3,(H,19,22)(H,20,21). The van der Waals surface area contributed by atoms with Crippen molar-refractivity contribution < 1.29 is 14.3 Å². The van der Waals surface area contributed by atoms with Gasteiger partial charge < -0.3 is 10.1 Å². The number of carbonyl (C=O) groups excluding carboxylic acids is 2. The number of esters is 1. The molecule has 24 heavy (non-hydrogen) atoms. The van der Waals surface area contributed by atoms with Crippen LogP contribution >= 0.6 is 0 Å². The molecule has 2 aromatic carbocycles. The van der Waals surface area contributed by atoms with Gasteiger partial charge in [-0.1, -0.05) is 48.5 Å². The molecule has 0 saturated carbocycles. The highest BCUT2D eigenvalue weighted by atomic mass is 16.5. The van der Waals surface area contributed by atoms with E-state index in [1.165, 1.54) is 0 Å². The van der Waals surface area contributed by atoms with Crippen molar-refractivity contribution in [3.63, 3.8) is 0 Å². The molecule has 6 heteroatoms. The number of H-pyrrole nitrogens is 1. The minimum atomic E-state index is -0.630. The highest BCUT2D eigenvalue weighted by Gasteiger charge is 2.17. The lowest BCUT2D eigenvalue weighted by Gasteiger charge is -2.14. The van der Waals surface area contributed by atoms with Crippen LogP contribution in [-0.2, 0) is 9.53 Å². The van der Waals surface area contributed by atoms with Crippen LogP contribution in [0.4, 0.5) is 0 Å². The molecule has 1 aromatic heterocycles. The molecule has 0 aliphatic carbocycles. The molecule has 0 fully saturated rings. The van der Waals surface area contributed by atoms with Gasteiger partial charge in [0.25, 0.3) is 5.91 Å². The summed E-state index contributed by atoms with van der Waals surface area (Å²) in [6, 6.07) is 16.6. The molecule has 0 bridgehead atoms. The van der Waals surface area contributed by atoms with Crippen molar-refractivity contribution in [1.82, 2.24) is 15.5 Å². The molecule has 0 aliphatic rings. The number of amides is 1. The average molecular weight is 323 g/mol. The van der Waals surface area contributed by atoms with E-state index >= 15 is 0 Å². The van der Waals surface area contributed by atoms with Gasteiger partial charge >= 0.3 is 5.97 Å². The van der Waals surface area contributed by atoms with E-state index in [9.17, 15) is 9.59 Å². The second-order valence-electron chi connectivity index (χ2n) is 5.39. The molecule has 1 heterocycles. The van der Waals surface area contributed by atoms with Crippen molar-refractivity contribution in [3.8, 4) is 0 Å². The number of carbonyl (C=O) groups is 2. The maximum atomic E-state index is 12.1. The van der Waals surface area contributed by atoms with E-state index in [4.69, 9.17) is 4.74 Å². The summed E-state index contributed by atoms with van der Waals surface area (Å²) in [4.78, 5) is 24.0. The Morgan fingerprint density at radius 1 is 1.12 bits per heavy atom. The number of nitrogens with zero attached hydrogens (tertiary/aromatic N) is 1. The largest absolute Gasteiger partial charge is 0.451 e. The number of benzene rings is 2. The minimum Gasteiger partial charge on any atom is -0.451 e. The summed E-state index contributed by atoms with van der Waals surface area (Å²) in [5, 5.41) is 10.2. The maximum Gasteiger partial charge on any atom is 0.359 e. The number of rotatable bonds is 5. The van der Waals surface area contributed by atoms with Crippen LogP contribution in [0.15, 0.2) is 54.6 Å². The molecule has 6 nitrogen and oxygen atoms in total. The molecule has 1 atom stereocenters. The van der Waals surface area contributed by atoms with E-state index in [1.807, 2.05) is 55.5 Å². The number of aromatic amines is 1. The van der Waals surface area contributed by atoms with Crippen LogP contribution < -0.4 is 5.32 Å². The molecule has 2 N–H and O–H groups in total. The quantitative estimate of drug-likeness (QED) is 0.707. The highest BCUT2D eigenvalue weighted by Crippen LogP contribution is 2.16. The smallest absolute Gasteiger partial charge is 0.359 e. The molecule has 122 valence electrons. The molecule has 0 aliphatic heterocycles. The van der Waals surface area contributed by atoms with E-state index in [1.54, 1.807) is 6.07 Å². The molecule has 3 aromatic rings. The summed E-state index contributed by atoms with van der Waals surface area (Å²) in [7, 11) is 0. The van der Waals surface area contributed by atoms with Crippen molar-refractivity contribution in [2.45, 2.75) is 13.0 Å². The number of hydrogen-bond donors (Lipinski definition) is 2. The minimum absolute atomic E-state index is 0.163. The van der Waals surface area contributed by atoms with Crippen molar-refractivity contribution in [3.05, 3.63) is 65.9 Å². The summed E-state index contributed by atoms with van der Waals surface area (Å²) in [5.74, 6) is -0.991. The zero-order valence-electron chi connectivity index (χ0n) is 13.2. The molecule has 0 saturated heterocycles. The van der Waals surface area contributed by atoms with E-state index in [0.29, 0.717) is 5.39 Å². The first-order valence-corrected chi connectivity index (χ1v) is 7.59. The first-order valence-electron chi connectivity index (χ1n) is 7.59. The highest BCUT2D eigenvalue weighted by molar-refractivity contribution is 6.02. The van der Waals surface area contributed by atoms with Gasteiger partial charge in [0.15, 0.2) is 12.3 Å². The molecule has 0 spiro atoms.